The zero-order chi connectivity index (χ0) is 24.0. The number of Topliss-reactive ketones (excluding diaryl/α,β-unsaturated/α-hetero) is 1. The number of benzene rings is 2. The molecule has 7 nitrogen and oxygen atoms in total. The molecule has 1 amide bonds. The molecule has 1 aliphatic heterocycles. The Balaban J connectivity index is 2.13. The molecule has 3 rings (SSSR count). The third kappa shape index (κ3) is 5.03. The number of aliphatic hydroxyl groups excluding tert-OH is 1. The van der Waals surface area contributed by atoms with Crippen LogP contribution in [0.15, 0.2) is 54.1 Å². The highest BCUT2D eigenvalue weighted by Crippen LogP contribution is 2.41. The van der Waals surface area contributed by atoms with Crippen molar-refractivity contribution in [3.8, 4) is 11.5 Å². The lowest BCUT2D eigenvalue weighted by molar-refractivity contribution is -0.140. The van der Waals surface area contributed by atoms with Crippen LogP contribution in [0, 0.1) is 0 Å². The smallest absolute Gasteiger partial charge is 0.295 e. The van der Waals surface area contributed by atoms with E-state index in [1.54, 1.807) is 48.4 Å². The second-order valence-corrected chi connectivity index (χ2v) is 7.73. The van der Waals surface area contributed by atoms with Gasteiger partial charge < -0.3 is 24.4 Å². The number of carbonyl (C=O) groups excluding carboxylic acids is 2. The van der Waals surface area contributed by atoms with Crippen LogP contribution in [-0.4, -0.2) is 66.5 Å². The van der Waals surface area contributed by atoms with E-state index in [1.165, 1.54) is 0 Å². The fourth-order valence-electron chi connectivity index (χ4n) is 4.13. The van der Waals surface area contributed by atoms with Crippen molar-refractivity contribution in [3.05, 3.63) is 65.2 Å². The van der Waals surface area contributed by atoms with Crippen LogP contribution in [0.3, 0.4) is 0 Å². The number of hydrogen-bond acceptors (Lipinski definition) is 6. The van der Waals surface area contributed by atoms with Crippen molar-refractivity contribution in [2.75, 3.05) is 39.9 Å². The third-order valence-electron chi connectivity index (χ3n) is 5.94. The lowest BCUT2D eigenvalue weighted by Gasteiger charge is -2.28. The number of nitrogens with zero attached hydrogens (tertiary/aromatic N) is 2. The normalized spacial score (nSPS) is 17.6. The van der Waals surface area contributed by atoms with E-state index in [4.69, 9.17) is 9.47 Å². The topological polar surface area (TPSA) is 79.3 Å². The highest BCUT2D eigenvalue weighted by Gasteiger charge is 2.46. The Morgan fingerprint density at radius 2 is 1.73 bits per heavy atom. The number of amides is 1. The van der Waals surface area contributed by atoms with E-state index in [-0.39, 0.29) is 11.3 Å². The summed E-state index contributed by atoms with van der Waals surface area (Å²) in [7, 11) is 1.54. The predicted octanol–water partition coefficient (Wildman–Crippen LogP) is 3.86. The summed E-state index contributed by atoms with van der Waals surface area (Å²) in [6.45, 7) is 9.14. The Morgan fingerprint density at radius 1 is 1.03 bits per heavy atom. The van der Waals surface area contributed by atoms with Gasteiger partial charge in [0.1, 0.15) is 5.76 Å². The Kier molecular flexibility index (Phi) is 8.11. The van der Waals surface area contributed by atoms with Crippen LogP contribution in [0.2, 0.25) is 0 Å². The van der Waals surface area contributed by atoms with E-state index < -0.39 is 17.7 Å². The van der Waals surface area contributed by atoms with E-state index in [9.17, 15) is 14.7 Å². The molecule has 1 atom stereocenters. The van der Waals surface area contributed by atoms with Gasteiger partial charge in [0.2, 0.25) is 0 Å². The van der Waals surface area contributed by atoms with Gasteiger partial charge in [-0.25, -0.2) is 0 Å². The van der Waals surface area contributed by atoms with Crippen molar-refractivity contribution >= 4 is 17.4 Å². The van der Waals surface area contributed by atoms with Gasteiger partial charge in [-0.2, -0.15) is 0 Å². The van der Waals surface area contributed by atoms with Gasteiger partial charge in [-0.05, 0) is 37.7 Å². The van der Waals surface area contributed by atoms with Crippen LogP contribution in [-0.2, 0) is 9.59 Å². The Bertz CT molecular complexity index is 1010. The average molecular weight is 453 g/mol. The molecule has 0 aromatic heterocycles. The maximum atomic E-state index is 13.1. The van der Waals surface area contributed by atoms with Crippen molar-refractivity contribution in [3.63, 3.8) is 0 Å². The molecule has 1 heterocycles. The number of ether oxygens (including phenoxy) is 2. The van der Waals surface area contributed by atoms with E-state index in [0.29, 0.717) is 42.3 Å². The number of methoxy groups -OCH3 is 1. The average Bonchev–Trinajstić information content (AvgIpc) is 3.10. The molecule has 0 radical (unpaired) electrons. The molecule has 176 valence electrons. The predicted molar refractivity (Wildman–Crippen MR) is 127 cm³/mol. The molecular formula is C26H32N2O5. The lowest BCUT2D eigenvalue weighted by Crippen LogP contribution is -2.38. The summed E-state index contributed by atoms with van der Waals surface area (Å²) in [5.41, 5.74) is 1.24. The third-order valence-corrected chi connectivity index (χ3v) is 5.94. The maximum absolute atomic E-state index is 13.1. The minimum absolute atomic E-state index is 0.0805. The second-order valence-electron chi connectivity index (χ2n) is 7.73. The van der Waals surface area contributed by atoms with E-state index >= 15 is 0 Å². The zero-order valence-electron chi connectivity index (χ0n) is 19.7. The maximum Gasteiger partial charge on any atom is 0.295 e. The summed E-state index contributed by atoms with van der Waals surface area (Å²) in [5.74, 6) is -0.404. The van der Waals surface area contributed by atoms with Gasteiger partial charge in [0.15, 0.2) is 11.5 Å². The number of hydrogen-bond donors (Lipinski definition) is 1. The highest BCUT2D eigenvalue weighted by atomic mass is 16.5. The Morgan fingerprint density at radius 3 is 2.33 bits per heavy atom. The number of aliphatic hydroxyl groups is 1. The zero-order valence-corrected chi connectivity index (χ0v) is 19.7. The minimum Gasteiger partial charge on any atom is -0.507 e. The summed E-state index contributed by atoms with van der Waals surface area (Å²) < 4.78 is 11.1. The molecule has 2 aromatic rings. The van der Waals surface area contributed by atoms with Crippen LogP contribution in [0.1, 0.15) is 37.9 Å². The molecule has 2 aromatic carbocycles. The van der Waals surface area contributed by atoms with E-state index in [2.05, 4.69) is 18.7 Å². The second kappa shape index (κ2) is 11.0. The molecule has 1 N–H and O–H groups in total. The summed E-state index contributed by atoms with van der Waals surface area (Å²) in [6.07, 6.45) is 0. The standard InChI is InChI=1S/C26H32N2O5/c1-5-27(6-2)15-16-28-23(19-13-14-20(33-7-3)21(17-19)32-4)22(25(30)26(28)31)24(29)18-11-9-8-10-12-18/h8-14,17,23,29H,5-7,15-16H2,1-4H3/t23-/m0/s1. The summed E-state index contributed by atoms with van der Waals surface area (Å²) in [4.78, 5) is 30.0. The number of ketones is 1. The molecule has 7 heteroatoms. The van der Waals surface area contributed by atoms with E-state index in [0.717, 1.165) is 13.1 Å². The van der Waals surface area contributed by atoms with Gasteiger partial charge in [-0.15, -0.1) is 0 Å². The van der Waals surface area contributed by atoms with Crippen molar-refractivity contribution in [2.45, 2.75) is 26.8 Å². The largest absolute Gasteiger partial charge is 0.507 e. The molecule has 0 spiro atoms. The number of likely N-dealkylation sites (tertiary alicyclic amines) is 1. The molecule has 0 aliphatic carbocycles. The summed E-state index contributed by atoms with van der Waals surface area (Å²) in [6, 6.07) is 13.4. The van der Waals surface area contributed by atoms with Crippen LogP contribution < -0.4 is 9.47 Å². The first-order chi connectivity index (χ1) is 16.0. The molecular weight excluding hydrogens is 420 g/mol. The Labute approximate surface area is 195 Å². The molecule has 0 bridgehead atoms. The van der Waals surface area contributed by atoms with Crippen molar-refractivity contribution < 1.29 is 24.2 Å². The molecule has 0 unspecified atom stereocenters. The highest BCUT2D eigenvalue weighted by molar-refractivity contribution is 6.46. The number of likely N-dealkylation sites (N-methyl/N-ethyl adjacent to an activating group) is 1. The lowest BCUT2D eigenvalue weighted by atomic mass is 9.95. The van der Waals surface area contributed by atoms with Crippen LogP contribution in [0.4, 0.5) is 0 Å². The molecule has 0 saturated carbocycles. The minimum atomic E-state index is -0.731. The summed E-state index contributed by atoms with van der Waals surface area (Å²) >= 11 is 0. The monoisotopic (exact) mass is 452 g/mol. The van der Waals surface area contributed by atoms with Gasteiger partial charge in [0.05, 0.1) is 25.3 Å². The van der Waals surface area contributed by atoms with Gasteiger partial charge in [-0.1, -0.05) is 50.2 Å². The van der Waals surface area contributed by atoms with E-state index in [1.807, 2.05) is 19.1 Å². The fraction of sp³-hybridized carbons (Fsp3) is 0.385. The van der Waals surface area contributed by atoms with Crippen LogP contribution in [0.25, 0.3) is 5.76 Å². The molecule has 1 saturated heterocycles. The van der Waals surface area contributed by atoms with Crippen molar-refractivity contribution in [2.24, 2.45) is 0 Å². The van der Waals surface area contributed by atoms with Gasteiger partial charge in [-0.3, -0.25) is 9.59 Å². The van der Waals surface area contributed by atoms with Crippen LogP contribution in [0.5, 0.6) is 11.5 Å². The van der Waals surface area contributed by atoms with Gasteiger partial charge >= 0.3 is 0 Å². The number of rotatable bonds is 10. The molecule has 1 fully saturated rings. The first-order valence-electron chi connectivity index (χ1n) is 11.3. The van der Waals surface area contributed by atoms with Crippen molar-refractivity contribution in [1.29, 1.82) is 0 Å². The van der Waals surface area contributed by atoms with Crippen molar-refractivity contribution in [1.82, 2.24) is 9.80 Å². The molecule has 33 heavy (non-hydrogen) atoms. The quantitative estimate of drug-likeness (QED) is 0.335. The first-order valence-corrected chi connectivity index (χ1v) is 11.3. The van der Waals surface area contributed by atoms with Crippen LogP contribution >= 0.6 is 0 Å². The van der Waals surface area contributed by atoms with Gasteiger partial charge in [0, 0.05) is 18.7 Å². The fourth-order valence-corrected chi connectivity index (χ4v) is 4.13. The SMILES string of the molecule is CCOc1ccc([C@H]2C(=C(O)c3ccccc3)C(=O)C(=O)N2CCN(CC)CC)cc1OC. The summed E-state index contributed by atoms with van der Waals surface area (Å²) in [5, 5.41) is 11.1. The van der Waals surface area contributed by atoms with Gasteiger partial charge in [0.25, 0.3) is 11.7 Å². The Hall–Kier alpha value is -3.32. The number of carbonyl (C=O) groups is 2. The molecule has 1 aliphatic rings. The first kappa shape index (κ1) is 24.3.